The van der Waals surface area contributed by atoms with Gasteiger partial charge in [0.25, 0.3) is 0 Å². The minimum atomic E-state index is -0.998. The highest BCUT2D eigenvalue weighted by atomic mass is 16.4. The summed E-state index contributed by atoms with van der Waals surface area (Å²) in [6.07, 6.45) is 0.574. The number of aryl methyl sites for hydroxylation is 1. The number of rotatable bonds is 7. The molecular weight excluding hydrogens is 264 g/mol. The van der Waals surface area contributed by atoms with Gasteiger partial charge in [0.1, 0.15) is 0 Å². The third-order valence-electron chi connectivity index (χ3n) is 3.56. The highest BCUT2D eigenvalue weighted by molar-refractivity contribution is 5.65. The van der Waals surface area contributed by atoms with Crippen LogP contribution < -0.4 is 10.0 Å². The fraction of sp³-hybridized carbons (Fsp3) is 0.353. The molecule has 0 fully saturated rings. The van der Waals surface area contributed by atoms with Gasteiger partial charge in [0.05, 0.1) is 27.2 Å². The molecule has 0 amide bonds. The predicted octanol–water partition coefficient (Wildman–Crippen LogP) is -0.0179. The predicted molar refractivity (Wildman–Crippen MR) is 80.9 cm³/mol. The van der Waals surface area contributed by atoms with Crippen LogP contribution in [0.5, 0.6) is 0 Å². The highest BCUT2D eigenvalue weighted by Gasteiger charge is 2.11. The number of carbonyl (C=O) groups is 1. The van der Waals surface area contributed by atoms with E-state index in [2.05, 4.69) is 36.9 Å². The number of hydrogen-bond acceptors (Lipinski definition) is 2. The minimum absolute atomic E-state index is 0.0626. The second-order valence-electron chi connectivity index (χ2n) is 5.56. The number of carbonyl (C=O) groups excluding carboxylic acids is 1. The summed E-state index contributed by atoms with van der Waals surface area (Å²) in [6, 6.07) is 14.3. The maximum Gasteiger partial charge on any atom is 0.0949 e. The number of benzene rings is 1. The number of carboxylic acids is 1. The molecule has 4 heteroatoms. The summed E-state index contributed by atoms with van der Waals surface area (Å²) in [5, 5.41) is 10.7. The van der Waals surface area contributed by atoms with Crippen molar-refractivity contribution in [3.05, 3.63) is 48.2 Å². The minimum Gasteiger partial charge on any atom is -0.550 e. The number of aliphatic carboxylic acids is 1. The summed E-state index contributed by atoms with van der Waals surface area (Å²) in [6.45, 7) is 1.87. The Hall–Kier alpha value is -2.07. The van der Waals surface area contributed by atoms with Gasteiger partial charge in [-0.15, -0.1) is 0 Å². The molecule has 0 radical (unpaired) electrons. The molecule has 112 valence electrons. The summed E-state index contributed by atoms with van der Waals surface area (Å²) < 4.78 is 2.23. The van der Waals surface area contributed by atoms with Crippen LogP contribution in [0.15, 0.2) is 42.5 Å². The van der Waals surface area contributed by atoms with Gasteiger partial charge in [-0.25, -0.2) is 0 Å². The van der Waals surface area contributed by atoms with Crippen molar-refractivity contribution in [2.75, 3.05) is 20.6 Å². The zero-order valence-corrected chi connectivity index (χ0v) is 12.6. The van der Waals surface area contributed by atoms with Gasteiger partial charge < -0.3 is 19.4 Å². The molecule has 0 atom stereocenters. The Bertz CT molecular complexity index is 588. The van der Waals surface area contributed by atoms with Crippen LogP contribution >= 0.6 is 0 Å². The number of hydrogen-bond donors (Lipinski definition) is 1. The first-order chi connectivity index (χ1) is 10.1. The largest absolute Gasteiger partial charge is 0.550 e. The molecule has 0 aliphatic heterocycles. The maximum absolute atomic E-state index is 10.7. The number of quaternary nitrogens is 1. The number of carboxylic acid groups (broad SMARTS) is 1. The quantitative estimate of drug-likeness (QED) is 0.778. The van der Waals surface area contributed by atoms with Gasteiger partial charge in [0, 0.05) is 17.4 Å². The molecule has 0 spiro atoms. The van der Waals surface area contributed by atoms with Gasteiger partial charge in [0.15, 0.2) is 0 Å². The Morgan fingerprint density at radius 2 is 1.86 bits per heavy atom. The van der Waals surface area contributed by atoms with E-state index in [0.29, 0.717) is 6.42 Å². The van der Waals surface area contributed by atoms with Gasteiger partial charge >= 0.3 is 0 Å². The van der Waals surface area contributed by atoms with E-state index in [1.807, 2.05) is 24.3 Å². The first-order valence-electron chi connectivity index (χ1n) is 7.30. The summed E-state index contributed by atoms with van der Waals surface area (Å²) in [4.78, 5) is 12.1. The van der Waals surface area contributed by atoms with Gasteiger partial charge in [-0.1, -0.05) is 30.3 Å². The lowest BCUT2D eigenvalue weighted by Gasteiger charge is -2.15. The summed E-state index contributed by atoms with van der Waals surface area (Å²) in [5.74, 6) is -0.998. The van der Waals surface area contributed by atoms with Crippen LogP contribution in [-0.4, -0.2) is 31.2 Å². The lowest BCUT2D eigenvalue weighted by Crippen LogP contribution is -3.06. The van der Waals surface area contributed by atoms with E-state index < -0.39 is 5.97 Å². The zero-order chi connectivity index (χ0) is 15.2. The van der Waals surface area contributed by atoms with Crippen molar-refractivity contribution in [3.63, 3.8) is 0 Å². The number of nitrogens with zero attached hydrogens (tertiary/aromatic N) is 1. The van der Waals surface area contributed by atoms with E-state index in [1.54, 1.807) is 0 Å². The maximum atomic E-state index is 10.7. The molecular formula is C17H22N2O2. The van der Waals surface area contributed by atoms with Gasteiger partial charge in [-0.3, -0.25) is 0 Å². The molecule has 21 heavy (non-hydrogen) atoms. The third kappa shape index (κ3) is 4.20. The molecule has 0 unspecified atom stereocenters. The molecule has 0 aliphatic rings. The van der Waals surface area contributed by atoms with Crippen LogP contribution in [0.4, 0.5) is 0 Å². The molecule has 0 saturated carbocycles. The topological polar surface area (TPSA) is 49.5 Å². The summed E-state index contributed by atoms with van der Waals surface area (Å²) in [5.41, 5.74) is 3.36. The highest BCUT2D eigenvalue weighted by Crippen LogP contribution is 2.23. The van der Waals surface area contributed by atoms with Crippen LogP contribution in [0.25, 0.3) is 11.3 Å². The Morgan fingerprint density at radius 1 is 1.14 bits per heavy atom. The fourth-order valence-electron chi connectivity index (χ4n) is 2.42. The number of nitrogens with one attached hydrogen (secondary N) is 1. The van der Waals surface area contributed by atoms with Crippen LogP contribution in [-0.2, 0) is 17.8 Å². The van der Waals surface area contributed by atoms with Crippen molar-refractivity contribution in [3.8, 4) is 11.3 Å². The van der Waals surface area contributed by atoms with E-state index in [9.17, 15) is 9.90 Å². The van der Waals surface area contributed by atoms with Gasteiger partial charge in [-0.05, 0) is 30.5 Å². The smallest absolute Gasteiger partial charge is 0.0949 e. The lowest BCUT2D eigenvalue weighted by atomic mass is 10.1. The SMILES string of the molecule is C[NH+](C)CCn1c(CCC(=O)[O-])ccc1-c1ccccc1. The Labute approximate surface area is 125 Å². The van der Waals surface area contributed by atoms with Crippen molar-refractivity contribution in [2.24, 2.45) is 0 Å². The molecule has 1 N–H and O–H groups in total. The molecule has 2 rings (SSSR count). The standard InChI is InChI=1S/C17H22N2O2/c1-18(2)12-13-19-15(9-11-17(20)21)8-10-16(19)14-6-4-3-5-7-14/h3-8,10H,9,11-13H2,1-2H3,(H,20,21). The normalized spacial score (nSPS) is 11.0. The van der Waals surface area contributed by atoms with Crippen LogP contribution in [0.2, 0.25) is 0 Å². The molecule has 0 bridgehead atoms. The van der Waals surface area contributed by atoms with E-state index in [-0.39, 0.29) is 6.42 Å². The lowest BCUT2D eigenvalue weighted by molar-refractivity contribution is -0.858. The molecule has 1 aromatic carbocycles. The van der Waals surface area contributed by atoms with Crippen molar-refractivity contribution in [2.45, 2.75) is 19.4 Å². The Morgan fingerprint density at radius 3 is 2.48 bits per heavy atom. The van der Waals surface area contributed by atoms with Crippen LogP contribution in [0, 0.1) is 0 Å². The van der Waals surface area contributed by atoms with Crippen molar-refractivity contribution in [1.82, 2.24) is 4.57 Å². The molecule has 4 nitrogen and oxygen atoms in total. The van der Waals surface area contributed by atoms with E-state index in [4.69, 9.17) is 0 Å². The van der Waals surface area contributed by atoms with Crippen molar-refractivity contribution >= 4 is 5.97 Å². The van der Waals surface area contributed by atoms with Crippen LogP contribution in [0.3, 0.4) is 0 Å². The van der Waals surface area contributed by atoms with Gasteiger partial charge in [0.2, 0.25) is 0 Å². The van der Waals surface area contributed by atoms with Crippen molar-refractivity contribution in [1.29, 1.82) is 0 Å². The molecule has 0 aliphatic carbocycles. The Kier molecular flexibility index (Phi) is 5.17. The average Bonchev–Trinajstić information content (AvgIpc) is 2.86. The number of likely N-dealkylation sites (N-methyl/N-ethyl adjacent to an activating group) is 1. The average molecular weight is 286 g/mol. The second-order valence-corrected chi connectivity index (χ2v) is 5.56. The zero-order valence-electron chi connectivity index (χ0n) is 12.6. The molecule has 0 saturated heterocycles. The van der Waals surface area contributed by atoms with E-state index >= 15 is 0 Å². The molecule has 2 aromatic rings. The molecule has 1 aromatic heterocycles. The van der Waals surface area contributed by atoms with Gasteiger partial charge in [-0.2, -0.15) is 0 Å². The first kappa shape index (κ1) is 15.3. The Balaban J connectivity index is 2.29. The fourth-order valence-corrected chi connectivity index (χ4v) is 2.42. The van der Waals surface area contributed by atoms with Crippen LogP contribution in [0.1, 0.15) is 12.1 Å². The van der Waals surface area contributed by atoms with Crippen molar-refractivity contribution < 1.29 is 14.8 Å². The van der Waals surface area contributed by atoms with E-state index in [1.165, 1.54) is 4.90 Å². The summed E-state index contributed by atoms with van der Waals surface area (Å²) in [7, 11) is 4.24. The monoisotopic (exact) mass is 286 g/mol. The van der Waals surface area contributed by atoms with E-state index in [0.717, 1.165) is 30.0 Å². The summed E-state index contributed by atoms with van der Waals surface area (Å²) >= 11 is 0. The first-order valence-corrected chi connectivity index (χ1v) is 7.30. The second kappa shape index (κ2) is 7.09. The molecule has 1 heterocycles. The number of aromatic nitrogens is 1. The third-order valence-corrected chi connectivity index (χ3v) is 3.56.